The Morgan fingerprint density at radius 3 is 2.52 bits per heavy atom. The molecule has 4 amide bonds. The fourth-order valence-electron chi connectivity index (χ4n) is 8.18. The third-order valence-electron chi connectivity index (χ3n) is 11.6. The summed E-state index contributed by atoms with van der Waals surface area (Å²) in [6.07, 6.45) is 6.12. The second-order valence-electron chi connectivity index (χ2n) is 16.3. The van der Waals surface area contributed by atoms with Crippen LogP contribution < -0.4 is 24.2 Å². The summed E-state index contributed by atoms with van der Waals surface area (Å²) < 4.78 is 60.0. The number of fused-ring (bicyclic) bond motifs is 3. The van der Waals surface area contributed by atoms with Crippen LogP contribution in [-0.2, 0) is 24.4 Å². The Morgan fingerprint density at radius 2 is 1.82 bits per heavy atom. The Hall–Kier alpha value is -4.47. The molecule has 2 aromatic rings. The van der Waals surface area contributed by atoms with E-state index in [0.29, 0.717) is 66.8 Å². The summed E-state index contributed by atoms with van der Waals surface area (Å²) in [5, 5.41) is 2.88. The summed E-state index contributed by atoms with van der Waals surface area (Å²) in [5.74, 6) is -0.520. The molecule has 2 N–H and O–H groups in total. The fourth-order valence-corrected chi connectivity index (χ4v) is 9.56. The highest BCUT2D eigenvalue weighted by Gasteiger charge is 2.61. The Balaban J connectivity index is 1.21. The summed E-state index contributed by atoms with van der Waals surface area (Å²) in [5.41, 5.74) is 0.0932. The van der Waals surface area contributed by atoms with E-state index in [-0.39, 0.29) is 44.5 Å². The number of hydrogen-bond donors (Lipinski definition) is 2. The van der Waals surface area contributed by atoms with Gasteiger partial charge in [-0.25, -0.2) is 22.6 Å². The largest absolute Gasteiger partial charge is 0.496 e. The van der Waals surface area contributed by atoms with Gasteiger partial charge in [-0.15, -0.1) is 0 Å². The first-order valence-electron chi connectivity index (χ1n) is 19.8. The number of amides is 4. The second kappa shape index (κ2) is 15.8. The minimum Gasteiger partial charge on any atom is -0.496 e. The standard InChI is InChI=1S/C40H52FN5O9S/c1-23(2)54-35-17-34(29-14-15-33(53-4)24(3)36(29)43-35)55-27-16-31-32(47)19-40(38(49)44-56(51,52)28-12-13-28)18-25(40)10-8-6-5-7-9-11-30(37(48)46(31)22-27)42-39(50)45-20-26(41)21-45/h8,10,14-15,17,23,25-28,30-31H,5-7,9,11-13,16,18-22H2,1-4H3,(H,42,50)(H,44,49)/b10-8-/t25-,27+,30-,31-,40+/m0/s1. The number of likely N-dealkylation sites (tertiary alicyclic amines) is 1. The van der Waals surface area contributed by atoms with E-state index < -0.39 is 68.7 Å². The summed E-state index contributed by atoms with van der Waals surface area (Å²) >= 11 is 0. The molecule has 2 saturated heterocycles. The molecule has 0 bridgehead atoms. The van der Waals surface area contributed by atoms with Gasteiger partial charge < -0.3 is 29.3 Å². The highest BCUT2D eigenvalue weighted by Crippen LogP contribution is 2.57. The number of allylic oxidation sites excluding steroid dienone is 2. The molecule has 5 atom stereocenters. The van der Waals surface area contributed by atoms with Crippen LogP contribution in [0.1, 0.15) is 83.6 Å². The Labute approximate surface area is 326 Å². The van der Waals surface area contributed by atoms with Crippen molar-refractivity contribution in [2.75, 3.05) is 26.7 Å². The van der Waals surface area contributed by atoms with Crippen LogP contribution in [0.25, 0.3) is 10.9 Å². The number of pyridine rings is 1. The topological polar surface area (TPSA) is 174 Å². The number of hydrogen-bond acceptors (Lipinski definition) is 10. The zero-order chi connectivity index (χ0) is 39.9. The summed E-state index contributed by atoms with van der Waals surface area (Å²) in [7, 11) is -2.30. The van der Waals surface area contributed by atoms with Crippen molar-refractivity contribution < 1.29 is 46.2 Å². The van der Waals surface area contributed by atoms with E-state index >= 15 is 0 Å². The van der Waals surface area contributed by atoms with E-state index in [2.05, 4.69) is 10.0 Å². The average molecular weight is 798 g/mol. The molecule has 5 aliphatic rings. The molecule has 56 heavy (non-hydrogen) atoms. The average Bonchev–Trinajstić information content (AvgIpc) is 4.06. The van der Waals surface area contributed by atoms with Crippen LogP contribution in [-0.4, -0.2) is 109 Å². The van der Waals surface area contributed by atoms with Crippen molar-refractivity contribution in [3.05, 3.63) is 35.9 Å². The number of carbonyl (C=O) groups is 4. The van der Waals surface area contributed by atoms with Crippen LogP contribution in [0.5, 0.6) is 17.4 Å². The Kier molecular flexibility index (Phi) is 11.2. The van der Waals surface area contributed by atoms with Crippen LogP contribution >= 0.6 is 0 Å². The van der Waals surface area contributed by atoms with Gasteiger partial charge in [-0.3, -0.25) is 19.1 Å². The number of Topliss-reactive ketones (excluding diaryl/α,β-unsaturated/α-hetero) is 1. The van der Waals surface area contributed by atoms with Gasteiger partial charge in [0.15, 0.2) is 5.78 Å². The van der Waals surface area contributed by atoms with E-state index in [1.165, 1.54) is 9.80 Å². The molecule has 1 aromatic heterocycles. The fraction of sp³-hybridized carbons (Fsp3) is 0.625. The van der Waals surface area contributed by atoms with E-state index in [1.807, 2.05) is 45.1 Å². The number of carbonyl (C=O) groups excluding carboxylic acids is 4. The van der Waals surface area contributed by atoms with Gasteiger partial charge in [0.2, 0.25) is 27.7 Å². The van der Waals surface area contributed by atoms with Gasteiger partial charge in [-0.1, -0.05) is 25.0 Å². The second-order valence-corrected chi connectivity index (χ2v) is 18.2. The molecule has 14 nitrogen and oxygen atoms in total. The van der Waals surface area contributed by atoms with Crippen molar-refractivity contribution in [3.63, 3.8) is 0 Å². The van der Waals surface area contributed by atoms with Gasteiger partial charge in [-0.2, -0.15) is 0 Å². The first kappa shape index (κ1) is 39.8. The molecule has 3 aliphatic heterocycles. The van der Waals surface area contributed by atoms with Gasteiger partial charge in [0.05, 0.1) is 55.1 Å². The lowest BCUT2D eigenvalue weighted by Crippen LogP contribution is -2.59. The quantitative estimate of drug-likeness (QED) is 0.344. The van der Waals surface area contributed by atoms with Crippen LogP contribution in [0.15, 0.2) is 30.4 Å². The summed E-state index contributed by atoms with van der Waals surface area (Å²) in [6.45, 7) is 5.52. The third kappa shape index (κ3) is 8.30. The number of urea groups is 1. The van der Waals surface area contributed by atoms with Crippen LogP contribution in [0.2, 0.25) is 0 Å². The maximum Gasteiger partial charge on any atom is 0.318 e. The monoisotopic (exact) mass is 797 g/mol. The first-order valence-corrected chi connectivity index (χ1v) is 21.3. The number of methoxy groups -OCH3 is 1. The van der Waals surface area contributed by atoms with Crippen molar-refractivity contribution >= 4 is 44.6 Å². The van der Waals surface area contributed by atoms with Crippen molar-refractivity contribution in [1.82, 2.24) is 24.8 Å². The number of alkyl halides is 1. The number of ether oxygens (including phenoxy) is 3. The molecule has 4 heterocycles. The van der Waals surface area contributed by atoms with Crippen LogP contribution in [0, 0.1) is 18.3 Å². The minimum absolute atomic E-state index is 0.00418. The molecular weight excluding hydrogens is 746 g/mol. The number of nitrogens with one attached hydrogen (secondary N) is 2. The highest BCUT2D eigenvalue weighted by atomic mass is 32.2. The lowest BCUT2D eigenvalue weighted by molar-refractivity contribution is -0.140. The summed E-state index contributed by atoms with van der Waals surface area (Å²) in [6, 6.07) is 2.75. The van der Waals surface area contributed by atoms with Gasteiger partial charge in [0.25, 0.3) is 0 Å². The van der Waals surface area contributed by atoms with Crippen molar-refractivity contribution in [3.8, 4) is 17.4 Å². The van der Waals surface area contributed by atoms with Crippen molar-refractivity contribution in [2.24, 2.45) is 11.3 Å². The third-order valence-corrected chi connectivity index (χ3v) is 13.5. The zero-order valence-corrected chi connectivity index (χ0v) is 33.2. The molecular formula is C40H52FN5O9S. The lowest BCUT2D eigenvalue weighted by Gasteiger charge is -2.36. The smallest absolute Gasteiger partial charge is 0.318 e. The van der Waals surface area contributed by atoms with Gasteiger partial charge in [-0.05, 0) is 77.3 Å². The number of halogens is 1. The molecule has 2 aliphatic carbocycles. The number of ketones is 1. The van der Waals surface area contributed by atoms with E-state index in [4.69, 9.17) is 19.2 Å². The molecule has 1 aromatic carbocycles. The predicted octanol–water partition coefficient (Wildman–Crippen LogP) is 4.51. The number of rotatable bonds is 9. The molecule has 7 rings (SSSR count). The minimum atomic E-state index is -3.87. The number of aryl methyl sites for hydroxylation is 1. The van der Waals surface area contributed by atoms with Gasteiger partial charge >= 0.3 is 6.03 Å². The molecule has 16 heteroatoms. The van der Waals surface area contributed by atoms with Crippen LogP contribution in [0.3, 0.4) is 0 Å². The van der Waals surface area contributed by atoms with E-state index in [1.54, 1.807) is 13.2 Å². The summed E-state index contributed by atoms with van der Waals surface area (Å²) in [4.78, 5) is 63.7. The SMILES string of the molecule is COc1ccc2c(O[C@@H]3C[C@H]4C(=O)C[C@]5(C(=O)NS(=O)(=O)C6CC6)C[C@@H]5/C=C\CCCCC[C@H](NC(=O)N5CC(F)C5)C(=O)N4C3)cc(OC(C)C)nc2c1C. The predicted molar refractivity (Wildman–Crippen MR) is 205 cm³/mol. The maximum absolute atomic E-state index is 14.6. The van der Waals surface area contributed by atoms with Crippen LogP contribution in [0.4, 0.5) is 9.18 Å². The molecule has 2 saturated carbocycles. The number of aromatic nitrogens is 1. The Morgan fingerprint density at radius 1 is 1.05 bits per heavy atom. The highest BCUT2D eigenvalue weighted by molar-refractivity contribution is 7.90. The zero-order valence-electron chi connectivity index (χ0n) is 32.4. The molecule has 304 valence electrons. The number of nitrogens with zero attached hydrogens (tertiary/aromatic N) is 3. The van der Waals surface area contributed by atoms with E-state index in [9.17, 15) is 32.0 Å². The van der Waals surface area contributed by atoms with Crippen molar-refractivity contribution in [1.29, 1.82) is 0 Å². The normalized spacial score (nSPS) is 28.0. The lowest BCUT2D eigenvalue weighted by atomic mass is 9.91. The number of benzene rings is 1. The number of sulfonamides is 1. The van der Waals surface area contributed by atoms with Gasteiger partial charge in [0.1, 0.15) is 29.8 Å². The molecule has 4 fully saturated rings. The molecule has 0 spiro atoms. The molecule has 0 radical (unpaired) electrons. The van der Waals surface area contributed by atoms with Crippen molar-refractivity contribution in [2.45, 2.75) is 121 Å². The maximum atomic E-state index is 14.6. The van der Waals surface area contributed by atoms with E-state index in [0.717, 1.165) is 18.4 Å². The molecule has 0 unspecified atom stereocenters. The first-order chi connectivity index (χ1) is 26.7. The Bertz CT molecular complexity index is 2020. The van der Waals surface area contributed by atoms with Gasteiger partial charge in [0, 0.05) is 29.9 Å².